The Balaban J connectivity index is 2.06. The number of rotatable bonds is 2. The van der Waals surface area contributed by atoms with Crippen LogP contribution in [0.2, 0.25) is 5.02 Å². The molecule has 6 heteroatoms. The van der Waals surface area contributed by atoms with E-state index < -0.39 is 17.5 Å². The quantitative estimate of drug-likeness (QED) is 0.371. The molecule has 3 aromatic rings. The van der Waals surface area contributed by atoms with Crippen molar-refractivity contribution >= 4 is 38.8 Å². The second-order valence-electron chi connectivity index (χ2n) is 6.00. The van der Waals surface area contributed by atoms with E-state index in [0.717, 1.165) is 37.0 Å². The molecule has 0 radical (unpaired) electrons. The van der Waals surface area contributed by atoms with Crippen molar-refractivity contribution in [3.05, 3.63) is 63.3 Å². The first-order chi connectivity index (χ1) is 12.0. The van der Waals surface area contributed by atoms with E-state index in [0.29, 0.717) is 20.5 Å². The number of thiophene rings is 1. The third kappa shape index (κ3) is 2.71. The van der Waals surface area contributed by atoms with Gasteiger partial charge in [-0.25, -0.2) is 13.2 Å². The van der Waals surface area contributed by atoms with Crippen molar-refractivity contribution in [3.8, 4) is 11.1 Å². The number of hydrogen-bond acceptors (Lipinski definition) is 2. The van der Waals surface area contributed by atoms with E-state index >= 15 is 0 Å². The molecule has 1 saturated carbocycles. The van der Waals surface area contributed by atoms with E-state index in [1.807, 2.05) is 0 Å². The van der Waals surface area contributed by atoms with Gasteiger partial charge in [0.2, 0.25) is 0 Å². The summed E-state index contributed by atoms with van der Waals surface area (Å²) < 4.78 is 42.6. The summed E-state index contributed by atoms with van der Waals surface area (Å²) in [4.78, 5) is 0.427. The van der Waals surface area contributed by atoms with E-state index in [-0.39, 0.29) is 16.3 Å². The van der Waals surface area contributed by atoms with Crippen LogP contribution in [0.4, 0.5) is 13.2 Å². The fourth-order valence-electron chi connectivity index (χ4n) is 2.97. The van der Waals surface area contributed by atoms with Crippen LogP contribution >= 0.6 is 22.9 Å². The van der Waals surface area contributed by atoms with Crippen molar-refractivity contribution in [3.63, 3.8) is 0 Å². The van der Waals surface area contributed by atoms with Crippen molar-refractivity contribution in [2.24, 2.45) is 0 Å². The molecule has 4 rings (SSSR count). The second kappa shape index (κ2) is 6.07. The molecule has 1 aliphatic carbocycles. The molecule has 1 N–H and O–H groups in total. The lowest BCUT2D eigenvalue weighted by Crippen LogP contribution is -2.01. The molecule has 1 nitrogen and oxygen atoms in total. The van der Waals surface area contributed by atoms with Crippen LogP contribution in [0.3, 0.4) is 0 Å². The van der Waals surface area contributed by atoms with Crippen LogP contribution < -0.4 is 0 Å². The summed E-state index contributed by atoms with van der Waals surface area (Å²) >= 11 is 6.82. The standard InChI is InChI=1S/C19H12ClF3OS/c20-13-8-14(22)12(7-15(13)23)17-11-5-4-10(21)6-16(11)25-19(17)18(24)9-2-1-3-9/h4-8,24H,1-3H2. The number of fused-ring (bicyclic) bond motifs is 1. The molecule has 0 atom stereocenters. The van der Waals surface area contributed by atoms with Gasteiger partial charge in [-0.1, -0.05) is 11.6 Å². The number of benzene rings is 2. The lowest BCUT2D eigenvalue weighted by Gasteiger charge is -2.18. The van der Waals surface area contributed by atoms with Crippen LogP contribution in [-0.2, 0) is 0 Å². The average Bonchev–Trinajstić information content (AvgIpc) is 2.87. The summed E-state index contributed by atoms with van der Waals surface area (Å²) in [6.07, 6.45) is 2.52. The van der Waals surface area contributed by atoms with Gasteiger partial charge in [0, 0.05) is 21.2 Å². The predicted octanol–water partition coefficient (Wildman–Crippen LogP) is 7.09. The molecule has 0 amide bonds. The Morgan fingerprint density at radius 2 is 1.80 bits per heavy atom. The maximum absolute atomic E-state index is 14.5. The van der Waals surface area contributed by atoms with Crippen LogP contribution in [0.25, 0.3) is 27.0 Å². The first kappa shape index (κ1) is 16.5. The van der Waals surface area contributed by atoms with Crippen LogP contribution in [0, 0.1) is 17.5 Å². The molecule has 0 spiro atoms. The fourth-order valence-corrected chi connectivity index (χ4v) is 4.35. The molecule has 0 saturated heterocycles. The SMILES string of the molecule is OC(=C1CCC1)c1sc2cc(F)ccc2c1-c1cc(F)c(Cl)cc1F. The van der Waals surface area contributed by atoms with Gasteiger partial charge in [-0.05, 0) is 55.2 Å². The Kier molecular flexibility index (Phi) is 4.01. The lowest BCUT2D eigenvalue weighted by atomic mass is 9.89. The van der Waals surface area contributed by atoms with Crippen molar-refractivity contribution in [2.45, 2.75) is 19.3 Å². The summed E-state index contributed by atoms with van der Waals surface area (Å²) in [5.41, 5.74) is 1.24. The smallest absolute Gasteiger partial charge is 0.142 e. The molecule has 25 heavy (non-hydrogen) atoms. The number of halogens is 4. The third-order valence-electron chi connectivity index (χ3n) is 4.44. The van der Waals surface area contributed by atoms with Crippen LogP contribution in [-0.4, -0.2) is 5.11 Å². The van der Waals surface area contributed by atoms with Crippen molar-refractivity contribution < 1.29 is 18.3 Å². The third-order valence-corrected chi connectivity index (χ3v) is 5.89. The monoisotopic (exact) mass is 380 g/mol. The molecule has 1 heterocycles. The van der Waals surface area contributed by atoms with Gasteiger partial charge in [0.05, 0.1) is 9.90 Å². The molecule has 1 fully saturated rings. The Bertz CT molecular complexity index is 1030. The Morgan fingerprint density at radius 1 is 1.04 bits per heavy atom. The largest absolute Gasteiger partial charge is 0.506 e. The number of allylic oxidation sites excluding steroid dienone is 1. The molecular weight excluding hydrogens is 369 g/mol. The maximum atomic E-state index is 14.5. The van der Waals surface area contributed by atoms with Gasteiger partial charge in [-0.15, -0.1) is 11.3 Å². The summed E-state index contributed by atoms with van der Waals surface area (Å²) in [5, 5.41) is 10.9. The molecule has 1 aliphatic rings. The normalized spacial score (nSPS) is 14.0. The Hall–Kier alpha value is -1.98. The van der Waals surface area contributed by atoms with Gasteiger partial charge >= 0.3 is 0 Å². The molecule has 2 aromatic carbocycles. The number of hydrogen-bond donors (Lipinski definition) is 1. The first-order valence-electron chi connectivity index (χ1n) is 7.74. The van der Waals surface area contributed by atoms with Gasteiger partial charge < -0.3 is 5.11 Å². The highest BCUT2D eigenvalue weighted by Crippen LogP contribution is 2.46. The van der Waals surface area contributed by atoms with Gasteiger partial charge in [0.15, 0.2) is 0 Å². The summed E-state index contributed by atoms with van der Waals surface area (Å²) in [6, 6.07) is 6.04. The zero-order valence-corrected chi connectivity index (χ0v) is 14.4. The van der Waals surface area contributed by atoms with Crippen LogP contribution in [0.5, 0.6) is 0 Å². The van der Waals surface area contributed by atoms with E-state index in [9.17, 15) is 18.3 Å². The van der Waals surface area contributed by atoms with Gasteiger partial charge in [-0.3, -0.25) is 0 Å². The first-order valence-corrected chi connectivity index (χ1v) is 8.93. The highest BCUT2D eigenvalue weighted by atomic mass is 35.5. The molecule has 128 valence electrons. The Morgan fingerprint density at radius 3 is 2.48 bits per heavy atom. The van der Waals surface area contributed by atoms with Crippen LogP contribution in [0.15, 0.2) is 35.9 Å². The minimum absolute atomic E-state index is 0.00114. The lowest BCUT2D eigenvalue weighted by molar-refractivity contribution is 0.488. The highest BCUT2D eigenvalue weighted by Gasteiger charge is 2.24. The summed E-state index contributed by atoms with van der Waals surface area (Å²) in [7, 11) is 0. The average molecular weight is 381 g/mol. The summed E-state index contributed by atoms with van der Waals surface area (Å²) in [6.45, 7) is 0. The topological polar surface area (TPSA) is 20.2 Å². The van der Waals surface area contributed by atoms with E-state index in [1.54, 1.807) is 0 Å². The van der Waals surface area contributed by atoms with Gasteiger partial charge in [0.1, 0.15) is 23.2 Å². The molecule has 0 bridgehead atoms. The second-order valence-corrected chi connectivity index (χ2v) is 7.46. The van der Waals surface area contributed by atoms with Crippen molar-refractivity contribution in [1.29, 1.82) is 0 Å². The zero-order valence-electron chi connectivity index (χ0n) is 12.9. The Labute approximate surface area is 151 Å². The van der Waals surface area contributed by atoms with Gasteiger partial charge in [0.25, 0.3) is 0 Å². The number of aliphatic hydroxyl groups is 1. The minimum atomic E-state index is -0.749. The van der Waals surface area contributed by atoms with Crippen molar-refractivity contribution in [2.75, 3.05) is 0 Å². The molecule has 0 unspecified atom stereocenters. The van der Waals surface area contributed by atoms with Crippen LogP contribution in [0.1, 0.15) is 24.1 Å². The van der Waals surface area contributed by atoms with E-state index in [4.69, 9.17) is 11.6 Å². The van der Waals surface area contributed by atoms with E-state index in [1.165, 1.54) is 29.5 Å². The molecule has 1 aromatic heterocycles. The summed E-state index contributed by atoms with van der Waals surface area (Å²) in [5.74, 6) is -1.78. The number of aliphatic hydroxyl groups excluding tert-OH is 1. The maximum Gasteiger partial charge on any atom is 0.142 e. The fraction of sp³-hybridized carbons (Fsp3) is 0.158. The predicted molar refractivity (Wildman–Crippen MR) is 95.5 cm³/mol. The van der Waals surface area contributed by atoms with E-state index in [2.05, 4.69) is 0 Å². The highest BCUT2D eigenvalue weighted by molar-refractivity contribution is 7.20. The molecule has 0 aliphatic heterocycles. The molecular formula is C19H12ClF3OS. The minimum Gasteiger partial charge on any atom is -0.506 e. The zero-order chi connectivity index (χ0) is 17.7. The van der Waals surface area contributed by atoms with Crippen molar-refractivity contribution in [1.82, 2.24) is 0 Å². The van der Waals surface area contributed by atoms with Gasteiger partial charge in [-0.2, -0.15) is 0 Å².